The minimum atomic E-state index is -0.142. The Morgan fingerprint density at radius 2 is 2.18 bits per heavy atom. The van der Waals surface area contributed by atoms with Gasteiger partial charge in [-0.2, -0.15) is 5.26 Å². The summed E-state index contributed by atoms with van der Waals surface area (Å²) < 4.78 is 0. The number of nitriles is 1. The summed E-state index contributed by atoms with van der Waals surface area (Å²) in [6.07, 6.45) is 2.05. The summed E-state index contributed by atoms with van der Waals surface area (Å²) in [6.45, 7) is 1.99. The van der Waals surface area contributed by atoms with E-state index >= 15 is 0 Å². The highest BCUT2D eigenvalue weighted by Crippen LogP contribution is 2.20. The van der Waals surface area contributed by atoms with Crippen LogP contribution in [0.15, 0.2) is 0 Å². The van der Waals surface area contributed by atoms with Gasteiger partial charge in [0.2, 0.25) is 0 Å². The molecule has 0 amide bonds. The Kier molecular flexibility index (Phi) is 3.34. The van der Waals surface area contributed by atoms with E-state index in [-0.39, 0.29) is 12.5 Å². The number of aliphatic hydroxyl groups is 1. The SMILES string of the molecule is N#CC(CO)C1CCNCC1. The monoisotopic (exact) mass is 154 g/mol. The van der Waals surface area contributed by atoms with Crippen molar-refractivity contribution in [1.29, 1.82) is 5.26 Å². The van der Waals surface area contributed by atoms with Crippen molar-refractivity contribution < 1.29 is 5.11 Å². The number of nitrogens with one attached hydrogen (secondary N) is 1. The van der Waals surface area contributed by atoms with E-state index in [4.69, 9.17) is 10.4 Å². The van der Waals surface area contributed by atoms with Crippen molar-refractivity contribution in [2.75, 3.05) is 19.7 Å². The smallest absolute Gasteiger partial charge is 0.0723 e. The second-order valence-corrected chi connectivity index (χ2v) is 3.01. The molecule has 1 unspecified atom stereocenters. The zero-order chi connectivity index (χ0) is 8.10. The van der Waals surface area contributed by atoms with Crippen molar-refractivity contribution in [3.8, 4) is 6.07 Å². The summed E-state index contributed by atoms with van der Waals surface area (Å²) in [5.41, 5.74) is 0. The Morgan fingerprint density at radius 3 is 2.64 bits per heavy atom. The lowest BCUT2D eigenvalue weighted by molar-refractivity contribution is 0.189. The summed E-state index contributed by atoms with van der Waals surface area (Å²) >= 11 is 0. The van der Waals surface area contributed by atoms with E-state index in [1.807, 2.05) is 0 Å². The number of hydrogen-bond donors (Lipinski definition) is 2. The van der Waals surface area contributed by atoms with Gasteiger partial charge >= 0.3 is 0 Å². The molecule has 0 spiro atoms. The van der Waals surface area contributed by atoms with Crippen LogP contribution in [0.4, 0.5) is 0 Å². The maximum atomic E-state index is 8.84. The van der Waals surface area contributed by atoms with E-state index in [1.165, 1.54) is 0 Å². The van der Waals surface area contributed by atoms with Gasteiger partial charge in [-0.1, -0.05) is 0 Å². The van der Waals surface area contributed by atoms with Crippen LogP contribution in [-0.2, 0) is 0 Å². The van der Waals surface area contributed by atoms with Crippen molar-refractivity contribution in [2.45, 2.75) is 12.8 Å². The van der Waals surface area contributed by atoms with Gasteiger partial charge < -0.3 is 10.4 Å². The first-order valence-corrected chi connectivity index (χ1v) is 4.09. The first-order valence-electron chi connectivity index (χ1n) is 4.09. The molecular weight excluding hydrogens is 140 g/mol. The molecular formula is C8H14N2O. The van der Waals surface area contributed by atoms with E-state index < -0.39 is 0 Å². The maximum absolute atomic E-state index is 8.84. The predicted octanol–water partition coefficient (Wildman–Crippen LogP) is 0.118. The highest BCUT2D eigenvalue weighted by molar-refractivity contribution is 4.89. The van der Waals surface area contributed by atoms with E-state index in [0.29, 0.717) is 5.92 Å². The fraction of sp³-hybridized carbons (Fsp3) is 0.875. The van der Waals surface area contributed by atoms with Crippen molar-refractivity contribution in [2.24, 2.45) is 11.8 Å². The highest BCUT2D eigenvalue weighted by Gasteiger charge is 2.21. The topological polar surface area (TPSA) is 56.0 Å². The predicted molar refractivity (Wildman–Crippen MR) is 41.8 cm³/mol. The lowest BCUT2D eigenvalue weighted by Crippen LogP contribution is -2.32. The molecule has 0 aromatic heterocycles. The summed E-state index contributed by atoms with van der Waals surface area (Å²) in [5, 5.41) is 20.7. The van der Waals surface area contributed by atoms with Crippen LogP contribution in [0.3, 0.4) is 0 Å². The van der Waals surface area contributed by atoms with E-state index in [9.17, 15) is 0 Å². The Hall–Kier alpha value is -0.590. The van der Waals surface area contributed by atoms with Gasteiger partial charge in [-0.05, 0) is 31.8 Å². The molecule has 1 aliphatic heterocycles. The molecule has 1 saturated heterocycles. The summed E-state index contributed by atoms with van der Waals surface area (Å²) in [7, 11) is 0. The number of piperidine rings is 1. The van der Waals surface area contributed by atoms with Crippen LogP contribution in [0.2, 0.25) is 0 Å². The molecule has 1 fully saturated rings. The normalized spacial score (nSPS) is 22.5. The van der Waals surface area contributed by atoms with Crippen LogP contribution >= 0.6 is 0 Å². The molecule has 0 radical (unpaired) electrons. The van der Waals surface area contributed by atoms with E-state index in [2.05, 4.69) is 11.4 Å². The van der Waals surface area contributed by atoms with Crippen molar-refractivity contribution >= 4 is 0 Å². The molecule has 11 heavy (non-hydrogen) atoms. The third-order valence-electron chi connectivity index (χ3n) is 2.32. The van der Waals surface area contributed by atoms with Gasteiger partial charge in [0.1, 0.15) is 0 Å². The Morgan fingerprint density at radius 1 is 1.55 bits per heavy atom. The standard InChI is InChI=1S/C8H14N2O/c9-5-8(6-11)7-1-3-10-4-2-7/h7-8,10-11H,1-4,6H2. The van der Waals surface area contributed by atoms with Crippen LogP contribution in [0.1, 0.15) is 12.8 Å². The third-order valence-corrected chi connectivity index (χ3v) is 2.32. The molecule has 0 bridgehead atoms. The van der Waals surface area contributed by atoms with Crippen molar-refractivity contribution in [1.82, 2.24) is 5.32 Å². The van der Waals surface area contributed by atoms with Gasteiger partial charge in [-0.15, -0.1) is 0 Å². The van der Waals surface area contributed by atoms with Gasteiger partial charge in [-0.3, -0.25) is 0 Å². The first kappa shape index (κ1) is 8.51. The van der Waals surface area contributed by atoms with E-state index in [0.717, 1.165) is 25.9 Å². The molecule has 62 valence electrons. The highest BCUT2D eigenvalue weighted by atomic mass is 16.3. The summed E-state index contributed by atoms with van der Waals surface area (Å²) in [5.74, 6) is 0.267. The van der Waals surface area contributed by atoms with Crippen LogP contribution < -0.4 is 5.32 Å². The molecule has 0 aromatic rings. The van der Waals surface area contributed by atoms with Gasteiger partial charge in [0.15, 0.2) is 0 Å². The van der Waals surface area contributed by atoms with Gasteiger partial charge in [-0.25, -0.2) is 0 Å². The second kappa shape index (κ2) is 4.32. The fourth-order valence-corrected chi connectivity index (χ4v) is 1.54. The van der Waals surface area contributed by atoms with Crippen LogP contribution in [0.25, 0.3) is 0 Å². The first-order chi connectivity index (χ1) is 5.38. The molecule has 3 heteroatoms. The lowest BCUT2D eigenvalue weighted by atomic mass is 9.86. The number of aliphatic hydroxyl groups excluding tert-OH is 1. The number of hydrogen-bond acceptors (Lipinski definition) is 3. The van der Waals surface area contributed by atoms with Crippen LogP contribution in [0.5, 0.6) is 0 Å². The third kappa shape index (κ3) is 2.18. The number of rotatable bonds is 2. The fourth-order valence-electron chi connectivity index (χ4n) is 1.54. The molecule has 1 atom stereocenters. The summed E-state index contributed by atoms with van der Waals surface area (Å²) in [4.78, 5) is 0. The lowest BCUT2D eigenvalue weighted by Gasteiger charge is -2.25. The van der Waals surface area contributed by atoms with Crippen LogP contribution in [-0.4, -0.2) is 24.8 Å². The minimum absolute atomic E-state index is 0.0150. The summed E-state index contributed by atoms with van der Waals surface area (Å²) in [6, 6.07) is 2.14. The Bertz CT molecular complexity index is 147. The van der Waals surface area contributed by atoms with Gasteiger partial charge in [0.05, 0.1) is 18.6 Å². The average molecular weight is 154 g/mol. The minimum Gasteiger partial charge on any atom is -0.395 e. The quantitative estimate of drug-likeness (QED) is 0.594. The molecule has 1 heterocycles. The van der Waals surface area contributed by atoms with Gasteiger partial charge in [0, 0.05) is 0 Å². The number of nitrogens with zero attached hydrogens (tertiary/aromatic N) is 1. The van der Waals surface area contributed by atoms with Crippen molar-refractivity contribution in [3.63, 3.8) is 0 Å². The largest absolute Gasteiger partial charge is 0.395 e. The Balaban J connectivity index is 2.38. The Labute approximate surface area is 67.0 Å². The molecule has 0 aromatic carbocycles. The zero-order valence-electron chi connectivity index (χ0n) is 6.58. The molecule has 0 saturated carbocycles. The van der Waals surface area contributed by atoms with Crippen LogP contribution in [0, 0.1) is 23.2 Å². The molecule has 2 N–H and O–H groups in total. The van der Waals surface area contributed by atoms with Gasteiger partial charge in [0.25, 0.3) is 0 Å². The molecule has 1 rings (SSSR count). The average Bonchev–Trinajstić information content (AvgIpc) is 2.09. The molecule has 3 nitrogen and oxygen atoms in total. The molecule has 1 aliphatic rings. The second-order valence-electron chi connectivity index (χ2n) is 3.01. The van der Waals surface area contributed by atoms with Crippen molar-refractivity contribution in [3.05, 3.63) is 0 Å². The van der Waals surface area contributed by atoms with E-state index in [1.54, 1.807) is 0 Å². The maximum Gasteiger partial charge on any atom is 0.0723 e. The molecule has 0 aliphatic carbocycles. The zero-order valence-corrected chi connectivity index (χ0v) is 6.58.